The summed E-state index contributed by atoms with van der Waals surface area (Å²) in [6.07, 6.45) is 6.22. The Morgan fingerprint density at radius 1 is 1.00 bits per heavy atom. The number of hydrogen-bond acceptors (Lipinski definition) is 2. The van der Waals surface area contributed by atoms with E-state index in [0.29, 0.717) is 19.5 Å². The zero-order valence-corrected chi connectivity index (χ0v) is 11.1. The molecule has 17 heavy (non-hydrogen) atoms. The van der Waals surface area contributed by atoms with Crippen LogP contribution in [0.25, 0.3) is 0 Å². The van der Waals surface area contributed by atoms with Crippen LogP contribution in [0.5, 0.6) is 0 Å². The van der Waals surface area contributed by atoms with Crippen LogP contribution >= 0.6 is 0 Å². The third-order valence-electron chi connectivity index (χ3n) is 2.82. The predicted octanol–water partition coefficient (Wildman–Crippen LogP) is 2.67. The molecule has 0 saturated heterocycles. The van der Waals surface area contributed by atoms with Gasteiger partial charge in [-0.05, 0) is 13.3 Å². The highest BCUT2D eigenvalue weighted by atomic mass is 16.4. The Balaban J connectivity index is 3.72. The summed E-state index contributed by atoms with van der Waals surface area (Å²) in [5.41, 5.74) is 0. The first-order valence-corrected chi connectivity index (χ1v) is 6.61. The molecular formula is C13H25NO3. The second kappa shape index (κ2) is 10.1. The Morgan fingerprint density at radius 3 is 2.18 bits per heavy atom. The van der Waals surface area contributed by atoms with E-state index in [1.54, 1.807) is 4.90 Å². The highest BCUT2D eigenvalue weighted by molar-refractivity contribution is 5.76. The molecule has 0 aromatic rings. The number of amides is 1. The number of carbonyl (C=O) groups excluding carboxylic acids is 1. The van der Waals surface area contributed by atoms with Gasteiger partial charge in [-0.1, -0.05) is 32.6 Å². The Kier molecular flexibility index (Phi) is 9.49. The smallest absolute Gasteiger partial charge is 0.305 e. The summed E-state index contributed by atoms with van der Waals surface area (Å²) in [7, 11) is 0. The zero-order chi connectivity index (χ0) is 13.1. The molecule has 0 fully saturated rings. The van der Waals surface area contributed by atoms with E-state index in [-0.39, 0.29) is 12.3 Å². The van der Waals surface area contributed by atoms with Gasteiger partial charge in [0.2, 0.25) is 5.91 Å². The van der Waals surface area contributed by atoms with E-state index in [4.69, 9.17) is 5.11 Å². The summed E-state index contributed by atoms with van der Waals surface area (Å²) in [6.45, 7) is 4.98. The van der Waals surface area contributed by atoms with Crippen LogP contribution in [-0.2, 0) is 9.59 Å². The predicted molar refractivity (Wildman–Crippen MR) is 67.9 cm³/mol. The number of hydrogen-bond donors (Lipinski definition) is 1. The quantitative estimate of drug-likeness (QED) is 0.600. The summed E-state index contributed by atoms with van der Waals surface area (Å²) >= 11 is 0. The van der Waals surface area contributed by atoms with Crippen molar-refractivity contribution in [3.63, 3.8) is 0 Å². The summed E-state index contributed by atoms with van der Waals surface area (Å²) in [6, 6.07) is 0. The van der Waals surface area contributed by atoms with Crippen molar-refractivity contribution in [3.05, 3.63) is 0 Å². The van der Waals surface area contributed by atoms with Gasteiger partial charge < -0.3 is 10.0 Å². The lowest BCUT2D eigenvalue weighted by Gasteiger charge is -2.19. The molecule has 1 N–H and O–H groups in total. The molecule has 100 valence electrons. The molecule has 0 rings (SSSR count). The lowest BCUT2D eigenvalue weighted by atomic mass is 10.1. The number of rotatable bonds is 10. The van der Waals surface area contributed by atoms with E-state index in [0.717, 1.165) is 12.8 Å². The summed E-state index contributed by atoms with van der Waals surface area (Å²) < 4.78 is 0. The Morgan fingerprint density at radius 2 is 1.65 bits per heavy atom. The number of nitrogens with zero attached hydrogens (tertiary/aromatic N) is 1. The lowest BCUT2D eigenvalue weighted by molar-refractivity contribution is -0.138. The first-order valence-electron chi connectivity index (χ1n) is 6.61. The number of unbranched alkanes of at least 4 members (excludes halogenated alkanes) is 4. The molecule has 0 aliphatic rings. The molecular weight excluding hydrogens is 218 g/mol. The van der Waals surface area contributed by atoms with Gasteiger partial charge in [-0.15, -0.1) is 0 Å². The Hall–Kier alpha value is -1.06. The fourth-order valence-electron chi connectivity index (χ4n) is 1.73. The van der Waals surface area contributed by atoms with Crippen LogP contribution in [0.4, 0.5) is 0 Å². The van der Waals surface area contributed by atoms with Gasteiger partial charge in [0.15, 0.2) is 0 Å². The van der Waals surface area contributed by atoms with Gasteiger partial charge in [0.25, 0.3) is 0 Å². The SMILES string of the molecule is CCCCCCCC(=O)N(CC)CCC(=O)O. The van der Waals surface area contributed by atoms with Crippen molar-refractivity contribution in [1.29, 1.82) is 0 Å². The fourth-order valence-corrected chi connectivity index (χ4v) is 1.73. The van der Waals surface area contributed by atoms with Gasteiger partial charge in [0.05, 0.1) is 6.42 Å². The maximum atomic E-state index is 11.8. The third-order valence-corrected chi connectivity index (χ3v) is 2.82. The van der Waals surface area contributed by atoms with Crippen molar-refractivity contribution >= 4 is 11.9 Å². The van der Waals surface area contributed by atoms with E-state index in [1.807, 2.05) is 6.92 Å². The van der Waals surface area contributed by atoms with E-state index in [1.165, 1.54) is 19.3 Å². The molecule has 0 saturated carbocycles. The van der Waals surface area contributed by atoms with Crippen LogP contribution in [-0.4, -0.2) is 35.0 Å². The summed E-state index contributed by atoms with van der Waals surface area (Å²) in [5, 5.41) is 8.57. The van der Waals surface area contributed by atoms with Gasteiger partial charge in [-0.3, -0.25) is 9.59 Å². The molecule has 0 aliphatic carbocycles. The van der Waals surface area contributed by atoms with Crippen LogP contribution in [0.3, 0.4) is 0 Å². The minimum atomic E-state index is -0.848. The van der Waals surface area contributed by atoms with E-state index < -0.39 is 5.97 Å². The second-order valence-electron chi connectivity index (χ2n) is 4.28. The van der Waals surface area contributed by atoms with Gasteiger partial charge in [0.1, 0.15) is 0 Å². The average molecular weight is 243 g/mol. The topological polar surface area (TPSA) is 57.6 Å². The van der Waals surface area contributed by atoms with Gasteiger partial charge in [-0.25, -0.2) is 0 Å². The Labute approximate surface area is 104 Å². The molecule has 0 aliphatic heterocycles. The average Bonchev–Trinajstić information content (AvgIpc) is 2.29. The van der Waals surface area contributed by atoms with Crippen molar-refractivity contribution in [2.24, 2.45) is 0 Å². The van der Waals surface area contributed by atoms with Gasteiger partial charge in [0, 0.05) is 19.5 Å². The van der Waals surface area contributed by atoms with Crippen LogP contribution in [0.15, 0.2) is 0 Å². The van der Waals surface area contributed by atoms with E-state index >= 15 is 0 Å². The molecule has 0 aromatic carbocycles. The van der Waals surface area contributed by atoms with Crippen LogP contribution in [0.2, 0.25) is 0 Å². The monoisotopic (exact) mass is 243 g/mol. The summed E-state index contributed by atoms with van der Waals surface area (Å²) in [4.78, 5) is 23.8. The second-order valence-corrected chi connectivity index (χ2v) is 4.28. The third kappa shape index (κ3) is 8.72. The van der Waals surface area contributed by atoms with Crippen molar-refractivity contribution in [1.82, 2.24) is 4.90 Å². The van der Waals surface area contributed by atoms with Crippen molar-refractivity contribution in [3.8, 4) is 0 Å². The molecule has 0 spiro atoms. The van der Waals surface area contributed by atoms with Gasteiger partial charge >= 0.3 is 5.97 Å². The molecule has 0 aromatic heterocycles. The maximum Gasteiger partial charge on any atom is 0.305 e. The van der Waals surface area contributed by atoms with Crippen molar-refractivity contribution < 1.29 is 14.7 Å². The first-order chi connectivity index (χ1) is 8.11. The number of carbonyl (C=O) groups is 2. The van der Waals surface area contributed by atoms with E-state index in [9.17, 15) is 9.59 Å². The van der Waals surface area contributed by atoms with Crippen LogP contribution in [0.1, 0.15) is 58.8 Å². The molecule has 4 nitrogen and oxygen atoms in total. The molecule has 1 amide bonds. The van der Waals surface area contributed by atoms with Crippen LogP contribution < -0.4 is 0 Å². The minimum Gasteiger partial charge on any atom is -0.481 e. The highest BCUT2D eigenvalue weighted by Crippen LogP contribution is 2.07. The fraction of sp³-hybridized carbons (Fsp3) is 0.846. The normalized spacial score (nSPS) is 10.2. The van der Waals surface area contributed by atoms with E-state index in [2.05, 4.69) is 6.92 Å². The van der Waals surface area contributed by atoms with Crippen molar-refractivity contribution in [2.75, 3.05) is 13.1 Å². The van der Waals surface area contributed by atoms with Gasteiger partial charge in [-0.2, -0.15) is 0 Å². The molecule has 0 radical (unpaired) electrons. The van der Waals surface area contributed by atoms with Crippen LogP contribution in [0, 0.1) is 0 Å². The molecule has 0 unspecified atom stereocenters. The zero-order valence-electron chi connectivity index (χ0n) is 11.1. The maximum absolute atomic E-state index is 11.8. The highest BCUT2D eigenvalue weighted by Gasteiger charge is 2.12. The lowest BCUT2D eigenvalue weighted by Crippen LogP contribution is -2.32. The number of aliphatic carboxylic acids is 1. The standard InChI is InChI=1S/C13H25NO3/c1-3-5-6-7-8-9-12(15)14(4-2)11-10-13(16)17/h3-11H2,1-2H3,(H,16,17). The minimum absolute atomic E-state index is 0.0371. The molecule has 0 bridgehead atoms. The number of carboxylic acids is 1. The first kappa shape index (κ1) is 15.9. The molecule has 0 heterocycles. The summed E-state index contributed by atoms with van der Waals surface area (Å²) in [5.74, 6) is -0.760. The van der Waals surface area contributed by atoms with Crippen molar-refractivity contribution in [2.45, 2.75) is 58.8 Å². The number of carboxylic acid groups (broad SMARTS) is 1. The Bertz CT molecular complexity index is 229. The molecule has 0 atom stereocenters. The largest absolute Gasteiger partial charge is 0.481 e. The molecule has 4 heteroatoms.